The summed E-state index contributed by atoms with van der Waals surface area (Å²) in [6.45, 7) is 3.69. The maximum absolute atomic E-state index is 11.0. The lowest BCUT2D eigenvalue weighted by Crippen LogP contribution is -2.20. The lowest BCUT2D eigenvalue weighted by molar-refractivity contribution is -0.116. The van der Waals surface area contributed by atoms with Crippen LogP contribution in [0.5, 0.6) is 5.75 Å². The van der Waals surface area contributed by atoms with Crippen LogP contribution in [0.15, 0.2) is 30.9 Å². The summed E-state index contributed by atoms with van der Waals surface area (Å²) in [4.78, 5) is 11.0. The highest BCUT2D eigenvalue weighted by Crippen LogP contribution is 2.25. The highest BCUT2D eigenvalue weighted by atomic mass is 35.5. The molecule has 0 aliphatic heterocycles. The van der Waals surface area contributed by atoms with Gasteiger partial charge in [0.1, 0.15) is 5.75 Å². The van der Waals surface area contributed by atoms with Crippen molar-refractivity contribution >= 4 is 17.5 Å². The van der Waals surface area contributed by atoms with Gasteiger partial charge in [0.2, 0.25) is 5.91 Å². The number of nitrogens with one attached hydrogen (secondary N) is 1. The van der Waals surface area contributed by atoms with Crippen molar-refractivity contribution in [3.63, 3.8) is 0 Å². The molecule has 0 saturated carbocycles. The van der Waals surface area contributed by atoms with E-state index >= 15 is 0 Å². The van der Waals surface area contributed by atoms with Gasteiger partial charge in [-0.2, -0.15) is 0 Å². The van der Waals surface area contributed by atoms with Crippen LogP contribution in [0.25, 0.3) is 0 Å². The zero-order chi connectivity index (χ0) is 11.3. The fourth-order valence-electron chi connectivity index (χ4n) is 1.15. The minimum absolute atomic E-state index is 0.239. The van der Waals surface area contributed by atoms with Crippen molar-refractivity contribution in [1.29, 1.82) is 0 Å². The number of carbonyl (C=O) groups excluding carboxylic acids is 1. The Hall–Kier alpha value is -1.48. The maximum Gasteiger partial charge on any atom is 0.243 e. The van der Waals surface area contributed by atoms with Gasteiger partial charge in [0.15, 0.2) is 0 Å². The third-order valence-corrected chi connectivity index (χ3v) is 2.27. The van der Waals surface area contributed by atoms with Gasteiger partial charge in [-0.25, -0.2) is 0 Å². The first kappa shape index (κ1) is 11.6. The van der Waals surface area contributed by atoms with Crippen LogP contribution in [-0.2, 0) is 11.3 Å². The van der Waals surface area contributed by atoms with Crippen LogP contribution in [0.3, 0.4) is 0 Å². The van der Waals surface area contributed by atoms with Crippen molar-refractivity contribution in [3.8, 4) is 5.75 Å². The second kappa shape index (κ2) is 5.41. The van der Waals surface area contributed by atoms with Crippen molar-refractivity contribution in [2.45, 2.75) is 6.54 Å². The van der Waals surface area contributed by atoms with E-state index in [9.17, 15) is 4.79 Å². The number of benzene rings is 1. The fraction of sp³-hybridized carbons (Fsp3) is 0.182. The largest absolute Gasteiger partial charge is 0.496 e. The standard InChI is InChI=1S/C11H12ClNO2/c1-3-11(14)13-7-8-9(12)5-4-6-10(8)15-2/h3-6H,1,7H2,2H3,(H,13,14). The predicted molar refractivity (Wildman–Crippen MR) is 60.0 cm³/mol. The van der Waals surface area contributed by atoms with Crippen LogP contribution >= 0.6 is 11.6 Å². The summed E-state index contributed by atoms with van der Waals surface area (Å²) < 4.78 is 5.13. The molecular formula is C11H12ClNO2. The molecule has 1 aromatic carbocycles. The Bertz CT molecular complexity index is 377. The third-order valence-electron chi connectivity index (χ3n) is 1.92. The molecule has 0 spiro atoms. The van der Waals surface area contributed by atoms with Gasteiger partial charge in [0.25, 0.3) is 0 Å². The number of methoxy groups -OCH3 is 1. The van der Waals surface area contributed by atoms with E-state index in [2.05, 4.69) is 11.9 Å². The van der Waals surface area contributed by atoms with E-state index in [0.717, 1.165) is 5.56 Å². The van der Waals surface area contributed by atoms with Crippen molar-refractivity contribution < 1.29 is 9.53 Å². The second-order valence-corrected chi connectivity index (χ2v) is 3.25. The Labute approximate surface area is 93.7 Å². The van der Waals surface area contributed by atoms with Crippen LogP contribution in [0.4, 0.5) is 0 Å². The quantitative estimate of drug-likeness (QED) is 0.798. The number of halogens is 1. The van der Waals surface area contributed by atoms with Gasteiger partial charge in [-0.15, -0.1) is 0 Å². The van der Waals surface area contributed by atoms with Crippen molar-refractivity contribution in [2.75, 3.05) is 7.11 Å². The Morgan fingerprint density at radius 1 is 1.67 bits per heavy atom. The molecule has 1 rings (SSSR count). The van der Waals surface area contributed by atoms with Crippen LogP contribution < -0.4 is 10.1 Å². The van der Waals surface area contributed by atoms with E-state index in [4.69, 9.17) is 16.3 Å². The van der Waals surface area contributed by atoms with E-state index in [0.29, 0.717) is 17.3 Å². The first-order valence-corrected chi connectivity index (χ1v) is 4.78. The summed E-state index contributed by atoms with van der Waals surface area (Å²) in [6, 6.07) is 5.33. The third kappa shape index (κ3) is 2.99. The van der Waals surface area contributed by atoms with Crippen molar-refractivity contribution in [1.82, 2.24) is 5.32 Å². The minimum atomic E-state index is -0.239. The number of rotatable bonds is 4. The zero-order valence-electron chi connectivity index (χ0n) is 8.42. The lowest BCUT2D eigenvalue weighted by Gasteiger charge is -2.10. The molecule has 0 radical (unpaired) electrons. The highest BCUT2D eigenvalue weighted by molar-refractivity contribution is 6.31. The van der Waals surface area contributed by atoms with Gasteiger partial charge in [-0.3, -0.25) is 4.79 Å². The first-order chi connectivity index (χ1) is 7.19. The van der Waals surface area contributed by atoms with E-state index in [1.165, 1.54) is 6.08 Å². The molecule has 0 aliphatic rings. The predicted octanol–water partition coefficient (Wildman–Crippen LogP) is 2.15. The lowest BCUT2D eigenvalue weighted by atomic mass is 10.2. The molecule has 0 heterocycles. The average molecular weight is 226 g/mol. The molecule has 0 bridgehead atoms. The summed E-state index contributed by atoms with van der Waals surface area (Å²) in [7, 11) is 1.56. The number of hydrogen-bond acceptors (Lipinski definition) is 2. The first-order valence-electron chi connectivity index (χ1n) is 4.40. The average Bonchev–Trinajstić information content (AvgIpc) is 2.26. The van der Waals surface area contributed by atoms with Crippen LogP contribution in [0.2, 0.25) is 5.02 Å². The van der Waals surface area contributed by atoms with E-state index in [-0.39, 0.29) is 5.91 Å². The topological polar surface area (TPSA) is 38.3 Å². The Morgan fingerprint density at radius 2 is 2.40 bits per heavy atom. The van der Waals surface area contributed by atoms with Gasteiger partial charge in [-0.05, 0) is 18.2 Å². The molecule has 80 valence electrons. The molecule has 15 heavy (non-hydrogen) atoms. The molecular weight excluding hydrogens is 214 g/mol. The molecule has 0 fully saturated rings. The normalized spacial score (nSPS) is 9.47. The fourth-order valence-corrected chi connectivity index (χ4v) is 1.38. The molecule has 1 aromatic rings. The summed E-state index contributed by atoms with van der Waals surface area (Å²) in [5, 5.41) is 3.21. The van der Waals surface area contributed by atoms with Gasteiger partial charge in [0, 0.05) is 17.1 Å². The second-order valence-electron chi connectivity index (χ2n) is 2.84. The molecule has 0 saturated heterocycles. The van der Waals surface area contributed by atoms with Crippen molar-refractivity contribution in [2.24, 2.45) is 0 Å². The van der Waals surface area contributed by atoms with Gasteiger partial charge < -0.3 is 10.1 Å². The summed E-state index contributed by atoms with van der Waals surface area (Å²) in [6.07, 6.45) is 1.21. The molecule has 1 amide bonds. The van der Waals surface area contributed by atoms with Gasteiger partial charge >= 0.3 is 0 Å². The number of carbonyl (C=O) groups is 1. The summed E-state index contributed by atoms with van der Waals surface area (Å²) in [5.41, 5.74) is 0.761. The number of hydrogen-bond donors (Lipinski definition) is 1. The van der Waals surface area contributed by atoms with Gasteiger partial charge in [-0.1, -0.05) is 24.2 Å². The monoisotopic (exact) mass is 225 g/mol. The Balaban J connectivity index is 2.83. The SMILES string of the molecule is C=CC(=O)NCc1c(Cl)cccc1OC. The molecule has 3 nitrogen and oxygen atoms in total. The minimum Gasteiger partial charge on any atom is -0.496 e. The zero-order valence-corrected chi connectivity index (χ0v) is 9.17. The Morgan fingerprint density at radius 3 is 3.00 bits per heavy atom. The van der Waals surface area contributed by atoms with E-state index in [1.54, 1.807) is 25.3 Å². The van der Waals surface area contributed by atoms with Crippen molar-refractivity contribution in [3.05, 3.63) is 41.4 Å². The number of amides is 1. The molecule has 0 unspecified atom stereocenters. The number of ether oxygens (including phenoxy) is 1. The molecule has 0 aliphatic carbocycles. The van der Waals surface area contributed by atoms with Crippen LogP contribution in [0, 0.1) is 0 Å². The highest BCUT2D eigenvalue weighted by Gasteiger charge is 2.07. The van der Waals surface area contributed by atoms with E-state index in [1.807, 2.05) is 0 Å². The maximum atomic E-state index is 11.0. The smallest absolute Gasteiger partial charge is 0.243 e. The molecule has 0 aromatic heterocycles. The van der Waals surface area contributed by atoms with E-state index < -0.39 is 0 Å². The Kier molecular flexibility index (Phi) is 4.18. The molecule has 4 heteroatoms. The summed E-state index contributed by atoms with van der Waals surface area (Å²) >= 11 is 5.98. The van der Waals surface area contributed by atoms with Crippen LogP contribution in [-0.4, -0.2) is 13.0 Å². The van der Waals surface area contributed by atoms with Gasteiger partial charge in [0.05, 0.1) is 7.11 Å². The summed E-state index contributed by atoms with van der Waals surface area (Å²) in [5.74, 6) is 0.420. The van der Waals surface area contributed by atoms with Crippen LogP contribution in [0.1, 0.15) is 5.56 Å². The molecule has 0 atom stereocenters. The molecule has 1 N–H and O–H groups in total.